The number of halogens is 1. The SMILES string of the molecule is CC(C(=O)Nc1ccccc1S(C)(=O)=O)N(C)Cc1cccc(F)c1. The van der Waals surface area contributed by atoms with Crippen LogP contribution in [0.1, 0.15) is 12.5 Å². The summed E-state index contributed by atoms with van der Waals surface area (Å²) in [6.07, 6.45) is 1.09. The van der Waals surface area contributed by atoms with Crippen molar-refractivity contribution in [1.82, 2.24) is 4.90 Å². The van der Waals surface area contributed by atoms with Crippen LogP contribution in [-0.4, -0.2) is 38.6 Å². The molecule has 0 heterocycles. The third-order valence-electron chi connectivity index (χ3n) is 3.91. The van der Waals surface area contributed by atoms with Gasteiger partial charge in [0.15, 0.2) is 9.84 Å². The van der Waals surface area contributed by atoms with Crippen LogP contribution in [0.5, 0.6) is 0 Å². The quantitative estimate of drug-likeness (QED) is 0.856. The molecule has 0 aliphatic heterocycles. The van der Waals surface area contributed by atoms with Crippen molar-refractivity contribution in [2.75, 3.05) is 18.6 Å². The molecule has 0 spiro atoms. The lowest BCUT2D eigenvalue weighted by Gasteiger charge is -2.24. The summed E-state index contributed by atoms with van der Waals surface area (Å²) in [5.41, 5.74) is 1.000. The summed E-state index contributed by atoms with van der Waals surface area (Å²) in [5.74, 6) is -0.667. The summed E-state index contributed by atoms with van der Waals surface area (Å²) in [5, 5.41) is 2.66. The molecule has 0 aliphatic rings. The number of nitrogens with zero attached hydrogens (tertiary/aromatic N) is 1. The smallest absolute Gasteiger partial charge is 0.241 e. The van der Waals surface area contributed by atoms with Gasteiger partial charge in [-0.05, 0) is 43.8 Å². The van der Waals surface area contributed by atoms with Crippen LogP contribution < -0.4 is 5.32 Å². The second kappa shape index (κ2) is 7.76. The number of anilines is 1. The van der Waals surface area contributed by atoms with E-state index >= 15 is 0 Å². The first-order chi connectivity index (χ1) is 11.7. The van der Waals surface area contributed by atoms with Crippen molar-refractivity contribution < 1.29 is 17.6 Å². The average molecular weight is 364 g/mol. The molecule has 1 amide bonds. The number of sulfone groups is 1. The van der Waals surface area contributed by atoms with Crippen LogP contribution in [0.25, 0.3) is 0 Å². The zero-order chi connectivity index (χ0) is 18.6. The first kappa shape index (κ1) is 19.1. The Morgan fingerprint density at radius 3 is 2.52 bits per heavy atom. The number of hydrogen-bond donors (Lipinski definition) is 1. The Labute approximate surface area is 147 Å². The number of nitrogens with one attached hydrogen (secondary N) is 1. The molecule has 25 heavy (non-hydrogen) atoms. The minimum absolute atomic E-state index is 0.0725. The fourth-order valence-corrected chi connectivity index (χ4v) is 3.24. The summed E-state index contributed by atoms with van der Waals surface area (Å²) in [7, 11) is -1.70. The molecule has 0 aliphatic carbocycles. The number of carbonyl (C=O) groups excluding carboxylic acids is 1. The molecule has 2 rings (SSSR count). The fraction of sp³-hybridized carbons (Fsp3) is 0.278. The molecule has 1 atom stereocenters. The molecule has 2 aromatic rings. The number of rotatable bonds is 6. The van der Waals surface area contributed by atoms with E-state index in [1.54, 1.807) is 49.2 Å². The van der Waals surface area contributed by atoms with Crippen LogP contribution in [0.4, 0.5) is 10.1 Å². The standard InChI is InChI=1S/C18H21FN2O3S/c1-13(21(2)12-14-7-6-8-15(19)11-14)18(22)20-16-9-4-5-10-17(16)25(3,23)24/h4-11,13H,12H2,1-3H3,(H,20,22). The maximum absolute atomic E-state index is 13.3. The second-order valence-corrected chi connectivity index (χ2v) is 7.96. The number of para-hydroxylation sites is 1. The first-order valence-corrected chi connectivity index (χ1v) is 9.62. The average Bonchev–Trinajstić information content (AvgIpc) is 2.53. The highest BCUT2D eigenvalue weighted by molar-refractivity contribution is 7.90. The predicted octanol–water partition coefficient (Wildman–Crippen LogP) is 2.69. The molecular weight excluding hydrogens is 343 g/mol. The zero-order valence-corrected chi connectivity index (χ0v) is 15.2. The Morgan fingerprint density at radius 2 is 1.88 bits per heavy atom. The Bertz CT molecular complexity index is 868. The molecule has 0 aromatic heterocycles. The van der Waals surface area contributed by atoms with Gasteiger partial charge < -0.3 is 5.32 Å². The van der Waals surface area contributed by atoms with Crippen LogP contribution >= 0.6 is 0 Å². The van der Waals surface area contributed by atoms with E-state index in [-0.39, 0.29) is 22.3 Å². The lowest BCUT2D eigenvalue weighted by atomic mass is 10.2. The van der Waals surface area contributed by atoms with Crippen molar-refractivity contribution in [2.24, 2.45) is 0 Å². The molecule has 134 valence electrons. The summed E-state index contributed by atoms with van der Waals surface area (Å²) in [6.45, 7) is 2.09. The Hall–Kier alpha value is -2.25. The largest absolute Gasteiger partial charge is 0.324 e. The molecule has 0 fully saturated rings. The van der Waals surface area contributed by atoms with Crippen LogP contribution in [0.3, 0.4) is 0 Å². The molecular formula is C18H21FN2O3S. The molecule has 5 nitrogen and oxygen atoms in total. The van der Waals surface area contributed by atoms with Crippen LogP contribution in [0, 0.1) is 5.82 Å². The monoisotopic (exact) mass is 364 g/mol. The maximum atomic E-state index is 13.3. The van der Waals surface area contributed by atoms with Gasteiger partial charge in [-0.25, -0.2) is 12.8 Å². The van der Waals surface area contributed by atoms with Crippen molar-refractivity contribution >= 4 is 21.4 Å². The normalized spacial score (nSPS) is 12.8. The summed E-state index contributed by atoms with van der Waals surface area (Å²) >= 11 is 0. The first-order valence-electron chi connectivity index (χ1n) is 7.73. The van der Waals surface area contributed by atoms with Crippen molar-refractivity contribution in [2.45, 2.75) is 24.4 Å². The van der Waals surface area contributed by atoms with Gasteiger partial charge in [-0.15, -0.1) is 0 Å². The minimum atomic E-state index is -3.45. The topological polar surface area (TPSA) is 66.5 Å². The van der Waals surface area contributed by atoms with Crippen LogP contribution in [-0.2, 0) is 21.2 Å². The predicted molar refractivity (Wildman–Crippen MR) is 95.5 cm³/mol. The lowest BCUT2D eigenvalue weighted by molar-refractivity contribution is -0.120. The highest BCUT2D eigenvalue weighted by atomic mass is 32.2. The molecule has 0 radical (unpaired) electrons. The molecule has 1 unspecified atom stereocenters. The summed E-state index contributed by atoms with van der Waals surface area (Å²) in [6, 6.07) is 11.9. The van der Waals surface area contributed by atoms with Gasteiger partial charge in [0.25, 0.3) is 0 Å². The van der Waals surface area contributed by atoms with Crippen molar-refractivity contribution in [3.63, 3.8) is 0 Å². The number of likely N-dealkylation sites (N-methyl/N-ethyl adjacent to an activating group) is 1. The van der Waals surface area contributed by atoms with Gasteiger partial charge in [-0.3, -0.25) is 9.69 Å². The second-order valence-electron chi connectivity index (χ2n) is 5.98. The number of carbonyl (C=O) groups is 1. The lowest BCUT2D eigenvalue weighted by Crippen LogP contribution is -2.39. The van der Waals surface area contributed by atoms with Crippen LogP contribution in [0.2, 0.25) is 0 Å². The van der Waals surface area contributed by atoms with Gasteiger partial charge in [-0.2, -0.15) is 0 Å². The number of benzene rings is 2. The molecule has 0 saturated carbocycles. The van der Waals surface area contributed by atoms with E-state index in [1.165, 1.54) is 18.2 Å². The molecule has 7 heteroatoms. The van der Waals surface area contributed by atoms with E-state index in [2.05, 4.69) is 5.32 Å². The van der Waals surface area contributed by atoms with E-state index in [9.17, 15) is 17.6 Å². The van der Waals surface area contributed by atoms with Gasteiger partial charge in [0, 0.05) is 12.8 Å². The van der Waals surface area contributed by atoms with Gasteiger partial charge in [0.1, 0.15) is 5.82 Å². The number of amides is 1. The highest BCUT2D eigenvalue weighted by Gasteiger charge is 2.21. The van der Waals surface area contributed by atoms with E-state index in [1.807, 2.05) is 0 Å². The Morgan fingerprint density at radius 1 is 1.20 bits per heavy atom. The third-order valence-corrected chi connectivity index (χ3v) is 5.06. The molecule has 1 N–H and O–H groups in total. The minimum Gasteiger partial charge on any atom is -0.324 e. The van der Waals surface area contributed by atoms with Crippen molar-refractivity contribution in [3.8, 4) is 0 Å². The van der Waals surface area contributed by atoms with E-state index < -0.39 is 15.9 Å². The van der Waals surface area contributed by atoms with E-state index in [4.69, 9.17) is 0 Å². The van der Waals surface area contributed by atoms with Gasteiger partial charge in [-0.1, -0.05) is 24.3 Å². The highest BCUT2D eigenvalue weighted by Crippen LogP contribution is 2.21. The third kappa shape index (κ3) is 5.11. The summed E-state index contributed by atoms with van der Waals surface area (Å²) < 4.78 is 36.9. The Balaban J connectivity index is 2.10. The van der Waals surface area contributed by atoms with Crippen LogP contribution in [0.15, 0.2) is 53.4 Å². The Kier molecular flexibility index (Phi) is 5.92. The number of hydrogen-bond acceptors (Lipinski definition) is 4. The van der Waals surface area contributed by atoms with Gasteiger partial charge in [0.05, 0.1) is 16.6 Å². The van der Waals surface area contributed by atoms with Crippen molar-refractivity contribution in [3.05, 3.63) is 59.9 Å². The van der Waals surface area contributed by atoms with Gasteiger partial charge in [0.2, 0.25) is 5.91 Å². The zero-order valence-electron chi connectivity index (χ0n) is 14.4. The molecule has 0 bridgehead atoms. The van der Waals surface area contributed by atoms with Crippen molar-refractivity contribution in [1.29, 1.82) is 0 Å². The summed E-state index contributed by atoms with van der Waals surface area (Å²) in [4.78, 5) is 14.3. The maximum Gasteiger partial charge on any atom is 0.241 e. The molecule has 0 saturated heterocycles. The fourth-order valence-electron chi connectivity index (χ4n) is 2.39. The van der Waals surface area contributed by atoms with Gasteiger partial charge >= 0.3 is 0 Å². The van der Waals surface area contributed by atoms with E-state index in [0.717, 1.165) is 11.8 Å². The molecule has 2 aromatic carbocycles. The van der Waals surface area contributed by atoms with E-state index in [0.29, 0.717) is 6.54 Å².